The highest BCUT2D eigenvalue weighted by Gasteiger charge is 2.30. The highest BCUT2D eigenvalue weighted by atomic mass is 19.4. The zero-order valence-corrected chi connectivity index (χ0v) is 13.0. The van der Waals surface area contributed by atoms with Crippen molar-refractivity contribution in [1.82, 2.24) is 14.6 Å². The predicted octanol–water partition coefficient (Wildman–Crippen LogP) is 3.12. The second-order valence-corrected chi connectivity index (χ2v) is 5.27. The minimum absolute atomic E-state index is 0.000468. The summed E-state index contributed by atoms with van der Waals surface area (Å²) >= 11 is 0. The Morgan fingerprint density at radius 1 is 1.24 bits per heavy atom. The van der Waals surface area contributed by atoms with Gasteiger partial charge in [0.05, 0.1) is 12.1 Å². The molecule has 9 heteroatoms. The molecular weight excluding hydrogens is 337 g/mol. The van der Waals surface area contributed by atoms with Crippen LogP contribution in [0.1, 0.15) is 11.4 Å². The first kappa shape index (κ1) is 16.7. The largest absolute Gasteiger partial charge is 0.573 e. The number of halogens is 3. The molecule has 3 aromatic rings. The Morgan fingerprint density at radius 2 is 1.96 bits per heavy atom. The predicted molar refractivity (Wildman–Crippen MR) is 83.2 cm³/mol. The molecule has 0 atom stereocenters. The molecule has 6 nitrogen and oxygen atoms in total. The molecule has 0 fully saturated rings. The van der Waals surface area contributed by atoms with Crippen LogP contribution in [0.2, 0.25) is 0 Å². The number of anilines is 1. The Hall–Kier alpha value is -3.10. The van der Waals surface area contributed by atoms with Crippen molar-refractivity contribution in [2.45, 2.75) is 19.7 Å². The number of nitrogens with zero attached hydrogens (tertiary/aromatic N) is 3. The van der Waals surface area contributed by atoms with Gasteiger partial charge in [-0.1, -0.05) is 12.1 Å². The molecule has 1 aromatic carbocycles. The van der Waals surface area contributed by atoms with Crippen LogP contribution >= 0.6 is 0 Å². The van der Waals surface area contributed by atoms with Crippen LogP contribution in [0.4, 0.5) is 18.9 Å². The number of alkyl halides is 3. The third-order valence-corrected chi connectivity index (χ3v) is 3.26. The van der Waals surface area contributed by atoms with Crippen molar-refractivity contribution >= 4 is 17.2 Å². The molecule has 1 amide bonds. The van der Waals surface area contributed by atoms with E-state index in [9.17, 15) is 18.0 Å². The summed E-state index contributed by atoms with van der Waals surface area (Å²) in [6.45, 7) is 1.74. The quantitative estimate of drug-likeness (QED) is 0.785. The summed E-state index contributed by atoms with van der Waals surface area (Å²) in [6, 6.07) is 8.56. The van der Waals surface area contributed by atoms with Crippen molar-refractivity contribution in [2.24, 2.45) is 0 Å². The molecule has 0 aliphatic rings. The van der Waals surface area contributed by atoms with Gasteiger partial charge in [0, 0.05) is 6.20 Å². The Labute approximate surface area is 140 Å². The second kappa shape index (κ2) is 6.42. The van der Waals surface area contributed by atoms with E-state index in [0.29, 0.717) is 22.7 Å². The maximum Gasteiger partial charge on any atom is 0.573 e. The van der Waals surface area contributed by atoms with Crippen LogP contribution in [0.3, 0.4) is 0 Å². The average Bonchev–Trinajstić information content (AvgIpc) is 2.89. The number of hydrogen-bond donors (Lipinski definition) is 1. The molecule has 0 bridgehead atoms. The van der Waals surface area contributed by atoms with Crippen LogP contribution in [-0.4, -0.2) is 26.9 Å². The Kier molecular flexibility index (Phi) is 4.30. The summed E-state index contributed by atoms with van der Waals surface area (Å²) in [6.07, 6.45) is -3.03. The Morgan fingerprint density at radius 3 is 2.64 bits per heavy atom. The van der Waals surface area contributed by atoms with E-state index in [-0.39, 0.29) is 18.1 Å². The van der Waals surface area contributed by atoms with Gasteiger partial charge in [-0.2, -0.15) is 5.10 Å². The fourth-order valence-electron chi connectivity index (χ4n) is 2.30. The lowest BCUT2D eigenvalue weighted by Gasteiger charge is -2.09. The molecule has 130 valence electrons. The number of pyridine rings is 1. The molecule has 25 heavy (non-hydrogen) atoms. The zero-order valence-electron chi connectivity index (χ0n) is 13.0. The van der Waals surface area contributed by atoms with Gasteiger partial charge in [-0.05, 0) is 36.8 Å². The summed E-state index contributed by atoms with van der Waals surface area (Å²) in [5.41, 5.74) is 1.57. The number of carbonyl (C=O) groups excluding carboxylic acids is 1. The lowest BCUT2D eigenvalue weighted by molar-refractivity contribution is -0.274. The van der Waals surface area contributed by atoms with E-state index in [4.69, 9.17) is 0 Å². The summed E-state index contributed by atoms with van der Waals surface area (Å²) in [5, 5.41) is 6.88. The number of nitrogens with one attached hydrogen (secondary N) is 1. The van der Waals surface area contributed by atoms with Crippen LogP contribution in [0, 0.1) is 6.92 Å². The van der Waals surface area contributed by atoms with Crippen molar-refractivity contribution in [3.8, 4) is 5.75 Å². The van der Waals surface area contributed by atoms with Gasteiger partial charge < -0.3 is 10.1 Å². The van der Waals surface area contributed by atoms with E-state index in [0.717, 1.165) is 0 Å². The molecule has 3 rings (SSSR count). The van der Waals surface area contributed by atoms with Gasteiger partial charge in [-0.3, -0.25) is 4.79 Å². The minimum Gasteiger partial charge on any atom is -0.406 e. The van der Waals surface area contributed by atoms with E-state index < -0.39 is 6.36 Å². The number of aryl methyl sites for hydroxylation is 1. The van der Waals surface area contributed by atoms with Crippen LogP contribution in [0.25, 0.3) is 5.65 Å². The third-order valence-electron chi connectivity index (χ3n) is 3.26. The number of benzene rings is 1. The molecule has 0 saturated heterocycles. The normalized spacial score (nSPS) is 11.5. The SMILES string of the molecule is Cc1nc2c(NC(=O)Cc3ccc(OC(F)(F)F)cc3)cccn2n1. The topological polar surface area (TPSA) is 68.5 Å². The van der Waals surface area contributed by atoms with Crippen molar-refractivity contribution in [2.75, 3.05) is 5.32 Å². The number of rotatable bonds is 4. The Balaban J connectivity index is 1.68. The third kappa shape index (κ3) is 4.25. The van der Waals surface area contributed by atoms with E-state index in [1.54, 1.807) is 29.8 Å². The smallest absolute Gasteiger partial charge is 0.406 e. The number of amides is 1. The lowest BCUT2D eigenvalue weighted by atomic mass is 10.1. The van der Waals surface area contributed by atoms with Crippen molar-refractivity contribution in [3.05, 3.63) is 54.0 Å². The summed E-state index contributed by atoms with van der Waals surface area (Å²) < 4.78 is 41.7. The van der Waals surface area contributed by atoms with Gasteiger partial charge in [0.25, 0.3) is 0 Å². The summed E-state index contributed by atoms with van der Waals surface area (Å²) in [5.74, 6) is -0.0828. The molecule has 2 heterocycles. The first-order valence-corrected chi connectivity index (χ1v) is 7.27. The maximum absolute atomic E-state index is 12.2. The van der Waals surface area contributed by atoms with Gasteiger partial charge in [0.15, 0.2) is 5.65 Å². The number of carbonyl (C=O) groups is 1. The van der Waals surface area contributed by atoms with Crippen LogP contribution in [-0.2, 0) is 11.2 Å². The van der Waals surface area contributed by atoms with Crippen molar-refractivity contribution in [3.63, 3.8) is 0 Å². The van der Waals surface area contributed by atoms with Crippen LogP contribution < -0.4 is 10.1 Å². The molecule has 0 aliphatic carbocycles. The van der Waals surface area contributed by atoms with E-state index in [1.165, 1.54) is 24.3 Å². The molecule has 0 unspecified atom stereocenters. The zero-order chi connectivity index (χ0) is 18.0. The summed E-state index contributed by atoms with van der Waals surface area (Å²) in [4.78, 5) is 16.4. The number of hydrogen-bond acceptors (Lipinski definition) is 4. The molecule has 2 aromatic heterocycles. The minimum atomic E-state index is -4.74. The molecule has 0 radical (unpaired) electrons. The van der Waals surface area contributed by atoms with Crippen molar-refractivity contribution < 1.29 is 22.7 Å². The van der Waals surface area contributed by atoms with Gasteiger partial charge in [-0.25, -0.2) is 9.50 Å². The van der Waals surface area contributed by atoms with Crippen molar-refractivity contribution in [1.29, 1.82) is 0 Å². The number of ether oxygens (including phenoxy) is 1. The molecule has 0 aliphatic heterocycles. The van der Waals surface area contributed by atoms with Crippen LogP contribution in [0.15, 0.2) is 42.6 Å². The van der Waals surface area contributed by atoms with E-state index in [1.807, 2.05) is 0 Å². The first-order valence-electron chi connectivity index (χ1n) is 7.27. The van der Waals surface area contributed by atoms with Gasteiger partial charge in [-0.15, -0.1) is 13.2 Å². The monoisotopic (exact) mass is 350 g/mol. The Bertz CT molecular complexity index is 904. The molecular formula is C16H13F3N4O2. The average molecular weight is 350 g/mol. The van der Waals surface area contributed by atoms with Crippen LogP contribution in [0.5, 0.6) is 5.75 Å². The highest BCUT2D eigenvalue weighted by Crippen LogP contribution is 2.23. The van der Waals surface area contributed by atoms with Gasteiger partial charge >= 0.3 is 6.36 Å². The summed E-state index contributed by atoms with van der Waals surface area (Å²) in [7, 11) is 0. The first-order chi connectivity index (χ1) is 11.8. The standard InChI is InChI=1S/C16H13F3N4O2/c1-10-20-15-13(3-2-8-23(15)22-10)21-14(24)9-11-4-6-12(7-5-11)25-16(17,18)19/h2-8H,9H2,1H3,(H,21,24). The second-order valence-electron chi connectivity index (χ2n) is 5.27. The lowest BCUT2D eigenvalue weighted by Crippen LogP contribution is -2.17. The number of fused-ring (bicyclic) bond motifs is 1. The fourth-order valence-corrected chi connectivity index (χ4v) is 2.30. The molecule has 1 N–H and O–H groups in total. The van der Waals surface area contributed by atoms with E-state index >= 15 is 0 Å². The maximum atomic E-state index is 12.2. The fraction of sp³-hybridized carbons (Fsp3) is 0.188. The van der Waals surface area contributed by atoms with Gasteiger partial charge in [0.2, 0.25) is 5.91 Å². The molecule has 0 saturated carbocycles. The molecule has 0 spiro atoms. The van der Waals surface area contributed by atoms with Gasteiger partial charge in [0.1, 0.15) is 11.6 Å². The number of aromatic nitrogens is 3. The highest BCUT2D eigenvalue weighted by molar-refractivity contribution is 5.95. The van der Waals surface area contributed by atoms with E-state index in [2.05, 4.69) is 20.1 Å².